The van der Waals surface area contributed by atoms with E-state index in [9.17, 15) is 4.79 Å². The molecule has 2 aromatic heterocycles. The molecule has 3 N–H and O–H groups in total. The lowest BCUT2D eigenvalue weighted by Crippen LogP contribution is -2.13. The summed E-state index contributed by atoms with van der Waals surface area (Å²) in [4.78, 5) is 26.5. The molecule has 1 aliphatic carbocycles. The minimum atomic E-state index is -0.0444. The standard InChI is InChI=1S/C19H20N4O2S2/c1-2-25-12-8-6-11(7-9-12)21-19(20)26-10-15-22-17(24)16-13-4-3-5-14(13)27-18(16)23-15/h6-9H,2-5,10H2,1H3,(H2,20,21)(H,22,23,24). The van der Waals surface area contributed by atoms with Gasteiger partial charge in [0.25, 0.3) is 5.56 Å². The van der Waals surface area contributed by atoms with Crippen molar-refractivity contribution < 1.29 is 4.74 Å². The Morgan fingerprint density at radius 2 is 2.19 bits per heavy atom. The molecule has 27 heavy (non-hydrogen) atoms. The van der Waals surface area contributed by atoms with Crippen molar-refractivity contribution in [2.24, 2.45) is 10.7 Å². The molecule has 140 valence electrons. The molecule has 0 atom stereocenters. The number of nitrogens with two attached hydrogens (primary N) is 1. The Balaban J connectivity index is 1.47. The molecule has 0 spiro atoms. The third-order valence-corrected chi connectivity index (χ3v) is 6.36. The molecule has 4 rings (SSSR count). The molecule has 3 aromatic rings. The number of nitrogens with zero attached hydrogens (tertiary/aromatic N) is 2. The molecule has 6 nitrogen and oxygen atoms in total. The number of rotatable bonds is 5. The van der Waals surface area contributed by atoms with Gasteiger partial charge in [-0.05, 0) is 56.0 Å². The lowest BCUT2D eigenvalue weighted by molar-refractivity contribution is 0.340. The molecule has 8 heteroatoms. The minimum Gasteiger partial charge on any atom is -0.494 e. The highest BCUT2D eigenvalue weighted by molar-refractivity contribution is 8.13. The summed E-state index contributed by atoms with van der Waals surface area (Å²) in [6.45, 7) is 2.57. The molecule has 0 unspecified atom stereocenters. The van der Waals surface area contributed by atoms with E-state index in [0.29, 0.717) is 23.4 Å². The number of amidine groups is 1. The highest BCUT2D eigenvalue weighted by Crippen LogP contribution is 2.34. The van der Waals surface area contributed by atoms with E-state index in [1.165, 1.54) is 22.2 Å². The van der Waals surface area contributed by atoms with Crippen molar-refractivity contribution in [2.75, 3.05) is 6.61 Å². The van der Waals surface area contributed by atoms with Crippen LogP contribution in [0.25, 0.3) is 10.2 Å². The second-order valence-corrected chi connectivity index (χ2v) is 8.29. The van der Waals surface area contributed by atoms with Crippen LogP contribution in [-0.4, -0.2) is 21.7 Å². The predicted octanol–water partition coefficient (Wildman–Crippen LogP) is 3.75. The summed E-state index contributed by atoms with van der Waals surface area (Å²) in [5, 5.41) is 1.20. The molecule has 1 aromatic carbocycles. The lowest BCUT2D eigenvalue weighted by Gasteiger charge is -2.04. The summed E-state index contributed by atoms with van der Waals surface area (Å²) in [6.07, 6.45) is 3.17. The SMILES string of the molecule is CCOc1ccc(N=C(N)SCc2nc3sc4c(c3c(=O)[nH]2)CCC4)cc1. The number of aliphatic imine (C=N–C) groups is 1. The minimum absolute atomic E-state index is 0.0444. The van der Waals surface area contributed by atoms with E-state index in [2.05, 4.69) is 15.0 Å². The van der Waals surface area contributed by atoms with Crippen LogP contribution in [0.4, 0.5) is 5.69 Å². The Bertz CT molecular complexity index is 1050. The maximum Gasteiger partial charge on any atom is 0.259 e. The highest BCUT2D eigenvalue weighted by atomic mass is 32.2. The van der Waals surface area contributed by atoms with Gasteiger partial charge >= 0.3 is 0 Å². The van der Waals surface area contributed by atoms with Gasteiger partial charge < -0.3 is 15.5 Å². The van der Waals surface area contributed by atoms with Gasteiger partial charge in [-0.3, -0.25) is 4.79 Å². The van der Waals surface area contributed by atoms with Crippen molar-refractivity contribution in [3.63, 3.8) is 0 Å². The second kappa shape index (κ2) is 7.74. The first kappa shape index (κ1) is 18.1. The topological polar surface area (TPSA) is 93.4 Å². The first-order valence-corrected chi connectivity index (χ1v) is 10.7. The zero-order valence-electron chi connectivity index (χ0n) is 14.9. The second-order valence-electron chi connectivity index (χ2n) is 6.22. The average Bonchev–Trinajstić information content (AvgIpc) is 3.22. The van der Waals surface area contributed by atoms with Crippen LogP contribution in [0.1, 0.15) is 29.6 Å². The molecule has 0 bridgehead atoms. The number of H-pyrrole nitrogens is 1. The van der Waals surface area contributed by atoms with Gasteiger partial charge in [0.05, 0.1) is 23.4 Å². The van der Waals surface area contributed by atoms with Crippen LogP contribution in [-0.2, 0) is 18.6 Å². The lowest BCUT2D eigenvalue weighted by atomic mass is 10.2. The van der Waals surface area contributed by atoms with Crippen molar-refractivity contribution in [1.82, 2.24) is 9.97 Å². The maximum atomic E-state index is 12.5. The summed E-state index contributed by atoms with van der Waals surface area (Å²) < 4.78 is 5.41. The Hall–Kier alpha value is -2.32. The van der Waals surface area contributed by atoms with Crippen LogP contribution in [0.5, 0.6) is 5.75 Å². The van der Waals surface area contributed by atoms with E-state index >= 15 is 0 Å². The van der Waals surface area contributed by atoms with Gasteiger partial charge in [-0.1, -0.05) is 11.8 Å². The number of hydrogen-bond donors (Lipinski definition) is 2. The third kappa shape index (κ3) is 3.86. The largest absolute Gasteiger partial charge is 0.494 e. The number of aromatic nitrogens is 2. The first-order chi connectivity index (χ1) is 13.1. The van der Waals surface area contributed by atoms with Gasteiger partial charge in [0, 0.05) is 4.88 Å². The van der Waals surface area contributed by atoms with Crippen LogP contribution < -0.4 is 16.0 Å². The van der Waals surface area contributed by atoms with Gasteiger partial charge in [0.15, 0.2) is 5.17 Å². The van der Waals surface area contributed by atoms with Gasteiger partial charge in [-0.25, -0.2) is 9.98 Å². The number of fused-ring (bicyclic) bond motifs is 3. The summed E-state index contributed by atoms with van der Waals surface area (Å²) in [5.74, 6) is 1.91. The number of aryl methyl sites for hydroxylation is 2. The van der Waals surface area contributed by atoms with Crippen molar-refractivity contribution in [1.29, 1.82) is 0 Å². The fraction of sp³-hybridized carbons (Fsp3) is 0.316. The highest BCUT2D eigenvalue weighted by Gasteiger charge is 2.21. The number of thiophene rings is 1. The molecular formula is C19H20N4O2S2. The van der Waals surface area contributed by atoms with Crippen LogP contribution in [0, 0.1) is 0 Å². The van der Waals surface area contributed by atoms with Crippen LogP contribution in [0.15, 0.2) is 34.1 Å². The van der Waals surface area contributed by atoms with Crippen molar-refractivity contribution in [2.45, 2.75) is 31.9 Å². The van der Waals surface area contributed by atoms with Gasteiger partial charge in [0.2, 0.25) is 0 Å². The maximum absolute atomic E-state index is 12.5. The molecular weight excluding hydrogens is 380 g/mol. The van der Waals surface area contributed by atoms with Crippen LogP contribution >= 0.6 is 23.1 Å². The van der Waals surface area contributed by atoms with Gasteiger partial charge in [-0.2, -0.15) is 0 Å². The van der Waals surface area contributed by atoms with E-state index in [1.54, 1.807) is 11.3 Å². The van der Waals surface area contributed by atoms with E-state index in [-0.39, 0.29) is 5.56 Å². The molecule has 0 amide bonds. The Morgan fingerprint density at radius 3 is 2.96 bits per heavy atom. The Labute approximate surface area is 164 Å². The summed E-state index contributed by atoms with van der Waals surface area (Å²) in [6, 6.07) is 7.45. The summed E-state index contributed by atoms with van der Waals surface area (Å²) >= 11 is 3.00. The number of ether oxygens (including phenoxy) is 1. The monoisotopic (exact) mass is 400 g/mol. The fourth-order valence-corrected chi connectivity index (χ4v) is 5.07. The van der Waals surface area contributed by atoms with Crippen LogP contribution in [0.3, 0.4) is 0 Å². The van der Waals surface area contributed by atoms with Crippen molar-refractivity contribution in [3.05, 3.63) is 50.9 Å². The first-order valence-electron chi connectivity index (χ1n) is 8.87. The molecule has 1 aliphatic rings. The molecule has 0 saturated heterocycles. The van der Waals surface area contributed by atoms with Gasteiger partial charge in [-0.15, -0.1) is 11.3 Å². The van der Waals surface area contributed by atoms with Gasteiger partial charge in [0.1, 0.15) is 16.4 Å². The van der Waals surface area contributed by atoms with E-state index in [4.69, 9.17) is 10.5 Å². The number of nitrogens with one attached hydrogen (secondary N) is 1. The average molecular weight is 401 g/mol. The zero-order chi connectivity index (χ0) is 18.8. The molecule has 0 fully saturated rings. The third-order valence-electron chi connectivity index (χ3n) is 4.37. The Kier molecular flexibility index (Phi) is 5.18. The Morgan fingerprint density at radius 1 is 1.37 bits per heavy atom. The molecule has 0 aliphatic heterocycles. The van der Waals surface area contributed by atoms with E-state index < -0.39 is 0 Å². The summed E-state index contributed by atoms with van der Waals surface area (Å²) in [7, 11) is 0. The van der Waals surface area contributed by atoms with Crippen LogP contribution in [0.2, 0.25) is 0 Å². The number of hydrogen-bond acceptors (Lipinski definition) is 6. The predicted molar refractivity (Wildman–Crippen MR) is 112 cm³/mol. The molecule has 0 saturated carbocycles. The van der Waals surface area contributed by atoms with E-state index in [0.717, 1.165) is 40.9 Å². The smallest absolute Gasteiger partial charge is 0.259 e. The normalized spacial score (nSPS) is 13.9. The number of thioether (sulfide) groups is 1. The summed E-state index contributed by atoms with van der Waals surface area (Å²) in [5.41, 5.74) is 7.93. The number of benzene rings is 1. The molecule has 0 radical (unpaired) electrons. The molecule has 2 heterocycles. The quantitative estimate of drug-likeness (QED) is 0.502. The fourth-order valence-electron chi connectivity index (χ4n) is 3.20. The van der Waals surface area contributed by atoms with Crippen molar-refractivity contribution >= 4 is 44.2 Å². The van der Waals surface area contributed by atoms with E-state index in [1.807, 2.05) is 31.2 Å². The van der Waals surface area contributed by atoms with Crippen molar-refractivity contribution in [3.8, 4) is 5.75 Å². The zero-order valence-corrected chi connectivity index (χ0v) is 16.6. The number of aromatic amines is 1.